The van der Waals surface area contributed by atoms with Crippen LogP contribution in [0.2, 0.25) is 0 Å². The molecule has 0 atom stereocenters. The van der Waals surface area contributed by atoms with Crippen LogP contribution in [0.5, 0.6) is 0 Å². The fraction of sp³-hybridized carbons (Fsp3) is 0.182. The number of alkyl halides is 3. The van der Waals surface area contributed by atoms with Gasteiger partial charge in [0.25, 0.3) is 0 Å². The molecule has 7 heteroatoms. The van der Waals surface area contributed by atoms with Crippen molar-refractivity contribution in [3.8, 4) is 11.3 Å². The Kier molecular flexibility index (Phi) is 3.45. The lowest BCUT2D eigenvalue weighted by Gasteiger charge is -2.09. The Hall–Kier alpha value is -1.34. The van der Waals surface area contributed by atoms with E-state index in [0.29, 0.717) is 10.2 Å². The molecule has 0 aliphatic heterocycles. The van der Waals surface area contributed by atoms with Gasteiger partial charge in [0.05, 0.1) is 5.56 Å². The maximum absolute atomic E-state index is 12.6. The lowest BCUT2D eigenvalue weighted by atomic mass is 10.1. The molecule has 1 aromatic carbocycles. The molecule has 0 unspecified atom stereocenters. The third-order valence-electron chi connectivity index (χ3n) is 2.37. The van der Waals surface area contributed by atoms with Crippen LogP contribution < -0.4 is 5.73 Å². The SMILES string of the molecule is NCc1ncoc1-c1cc(C(F)(F)F)ccc1Br. The van der Waals surface area contributed by atoms with Crippen molar-refractivity contribution in [3.63, 3.8) is 0 Å². The summed E-state index contributed by atoms with van der Waals surface area (Å²) in [7, 11) is 0. The number of halogens is 4. The molecular weight excluding hydrogens is 313 g/mol. The molecule has 1 aromatic heterocycles. The number of benzene rings is 1. The molecular formula is C11H8BrF3N2O. The molecule has 0 bridgehead atoms. The van der Waals surface area contributed by atoms with Gasteiger partial charge < -0.3 is 10.2 Å². The molecule has 18 heavy (non-hydrogen) atoms. The first kappa shape index (κ1) is 13.1. The van der Waals surface area contributed by atoms with Crippen molar-refractivity contribution >= 4 is 15.9 Å². The average Bonchev–Trinajstić information content (AvgIpc) is 2.76. The minimum absolute atomic E-state index is 0.0918. The Morgan fingerprint density at radius 2 is 2.06 bits per heavy atom. The van der Waals surface area contributed by atoms with Crippen LogP contribution in [0.3, 0.4) is 0 Å². The lowest BCUT2D eigenvalue weighted by molar-refractivity contribution is -0.137. The standard InChI is InChI=1S/C11H8BrF3N2O/c12-8-2-1-6(11(13,14)15)3-7(8)10-9(4-16)17-5-18-10/h1-3,5H,4,16H2. The summed E-state index contributed by atoms with van der Waals surface area (Å²) in [5.41, 5.74) is 5.39. The van der Waals surface area contributed by atoms with E-state index in [0.717, 1.165) is 18.5 Å². The molecule has 0 fully saturated rings. The molecule has 2 aromatic rings. The van der Waals surface area contributed by atoms with Crippen molar-refractivity contribution in [2.45, 2.75) is 12.7 Å². The van der Waals surface area contributed by atoms with Crippen LogP contribution in [-0.2, 0) is 12.7 Å². The van der Waals surface area contributed by atoms with E-state index >= 15 is 0 Å². The van der Waals surface area contributed by atoms with Crippen molar-refractivity contribution in [2.24, 2.45) is 5.73 Å². The molecule has 0 aliphatic rings. The molecule has 0 amide bonds. The first-order valence-corrected chi connectivity index (χ1v) is 5.72. The van der Waals surface area contributed by atoms with Gasteiger partial charge in [-0.2, -0.15) is 13.2 Å². The molecule has 96 valence electrons. The van der Waals surface area contributed by atoms with E-state index < -0.39 is 11.7 Å². The number of oxazole rings is 1. The summed E-state index contributed by atoms with van der Waals surface area (Å²) in [6, 6.07) is 3.32. The first-order chi connectivity index (χ1) is 8.43. The Bertz CT molecular complexity index is 566. The van der Waals surface area contributed by atoms with E-state index in [1.165, 1.54) is 6.07 Å². The lowest BCUT2D eigenvalue weighted by Crippen LogP contribution is -2.05. The highest BCUT2D eigenvalue weighted by Gasteiger charge is 2.31. The van der Waals surface area contributed by atoms with Crippen molar-refractivity contribution in [2.75, 3.05) is 0 Å². The topological polar surface area (TPSA) is 52.0 Å². The van der Waals surface area contributed by atoms with Crippen molar-refractivity contribution < 1.29 is 17.6 Å². The van der Waals surface area contributed by atoms with Crippen LogP contribution in [0.1, 0.15) is 11.3 Å². The number of nitrogens with zero attached hydrogens (tertiary/aromatic N) is 1. The number of rotatable bonds is 2. The Morgan fingerprint density at radius 1 is 1.33 bits per heavy atom. The van der Waals surface area contributed by atoms with Crippen LogP contribution in [0, 0.1) is 0 Å². The second-order valence-electron chi connectivity index (χ2n) is 3.52. The van der Waals surface area contributed by atoms with Gasteiger partial charge in [0.1, 0.15) is 5.69 Å². The fourth-order valence-corrected chi connectivity index (χ4v) is 1.94. The zero-order valence-corrected chi connectivity index (χ0v) is 10.5. The molecule has 0 saturated carbocycles. The van der Waals surface area contributed by atoms with E-state index in [9.17, 15) is 13.2 Å². The molecule has 0 aliphatic carbocycles. The predicted molar refractivity (Wildman–Crippen MR) is 62.5 cm³/mol. The van der Waals surface area contributed by atoms with Crippen LogP contribution in [-0.4, -0.2) is 4.98 Å². The van der Waals surface area contributed by atoms with Gasteiger partial charge >= 0.3 is 6.18 Å². The zero-order valence-electron chi connectivity index (χ0n) is 8.96. The zero-order chi connectivity index (χ0) is 13.3. The highest BCUT2D eigenvalue weighted by atomic mass is 79.9. The molecule has 1 heterocycles. The minimum atomic E-state index is -4.40. The molecule has 2 N–H and O–H groups in total. The van der Waals surface area contributed by atoms with Gasteiger partial charge in [-0.3, -0.25) is 0 Å². The highest BCUT2D eigenvalue weighted by molar-refractivity contribution is 9.10. The summed E-state index contributed by atoms with van der Waals surface area (Å²) in [5, 5.41) is 0. The Labute approximate surface area is 109 Å². The summed E-state index contributed by atoms with van der Waals surface area (Å²) in [5.74, 6) is 0.246. The second kappa shape index (κ2) is 4.74. The smallest absolute Gasteiger partial charge is 0.416 e. The van der Waals surface area contributed by atoms with Crippen molar-refractivity contribution in [3.05, 3.63) is 40.3 Å². The van der Waals surface area contributed by atoms with Gasteiger partial charge in [-0.15, -0.1) is 0 Å². The molecule has 2 rings (SSSR count). The summed E-state index contributed by atoms with van der Waals surface area (Å²) >= 11 is 3.19. The van der Waals surface area contributed by atoms with E-state index in [1.807, 2.05) is 0 Å². The molecule has 0 spiro atoms. The van der Waals surface area contributed by atoms with Crippen LogP contribution in [0.15, 0.2) is 33.5 Å². The summed E-state index contributed by atoms with van der Waals surface area (Å²) in [4.78, 5) is 3.85. The largest absolute Gasteiger partial charge is 0.443 e. The average molecular weight is 321 g/mol. The van der Waals surface area contributed by atoms with E-state index in [1.54, 1.807) is 0 Å². The van der Waals surface area contributed by atoms with E-state index in [-0.39, 0.29) is 17.9 Å². The van der Waals surface area contributed by atoms with Gasteiger partial charge in [-0.05, 0) is 18.2 Å². The number of aromatic nitrogens is 1. The van der Waals surface area contributed by atoms with E-state index in [2.05, 4.69) is 20.9 Å². The summed E-state index contributed by atoms with van der Waals surface area (Å²) in [6.07, 6.45) is -3.25. The fourth-order valence-electron chi connectivity index (χ4n) is 1.51. The number of hydrogen-bond acceptors (Lipinski definition) is 3. The van der Waals surface area contributed by atoms with Crippen LogP contribution >= 0.6 is 15.9 Å². The van der Waals surface area contributed by atoms with Gasteiger partial charge in [-0.25, -0.2) is 4.98 Å². The van der Waals surface area contributed by atoms with Crippen LogP contribution in [0.25, 0.3) is 11.3 Å². The third-order valence-corrected chi connectivity index (χ3v) is 3.06. The third kappa shape index (κ3) is 2.41. The Morgan fingerprint density at radius 3 is 2.67 bits per heavy atom. The minimum Gasteiger partial charge on any atom is -0.443 e. The van der Waals surface area contributed by atoms with Crippen LogP contribution in [0.4, 0.5) is 13.2 Å². The second-order valence-corrected chi connectivity index (χ2v) is 4.38. The maximum atomic E-state index is 12.6. The number of hydrogen-bond donors (Lipinski definition) is 1. The molecule has 3 nitrogen and oxygen atoms in total. The first-order valence-electron chi connectivity index (χ1n) is 4.93. The maximum Gasteiger partial charge on any atom is 0.416 e. The summed E-state index contributed by atoms with van der Waals surface area (Å²) < 4.78 is 43.5. The van der Waals surface area contributed by atoms with Gasteiger partial charge in [0, 0.05) is 16.6 Å². The molecule has 0 radical (unpaired) electrons. The van der Waals surface area contributed by atoms with Gasteiger partial charge in [-0.1, -0.05) is 15.9 Å². The monoisotopic (exact) mass is 320 g/mol. The predicted octanol–water partition coefficient (Wildman–Crippen LogP) is 3.58. The molecule has 0 saturated heterocycles. The van der Waals surface area contributed by atoms with Gasteiger partial charge in [0.2, 0.25) is 0 Å². The van der Waals surface area contributed by atoms with Crippen molar-refractivity contribution in [1.82, 2.24) is 4.98 Å². The summed E-state index contributed by atoms with van der Waals surface area (Å²) in [6.45, 7) is 0.0918. The number of nitrogens with two attached hydrogens (primary N) is 1. The van der Waals surface area contributed by atoms with Gasteiger partial charge in [0.15, 0.2) is 12.2 Å². The van der Waals surface area contributed by atoms with Crippen molar-refractivity contribution in [1.29, 1.82) is 0 Å². The Balaban J connectivity index is 2.57. The van der Waals surface area contributed by atoms with E-state index in [4.69, 9.17) is 10.2 Å². The quantitative estimate of drug-likeness (QED) is 0.920. The highest BCUT2D eigenvalue weighted by Crippen LogP contribution is 2.36. The normalized spacial score (nSPS) is 11.8.